The van der Waals surface area contributed by atoms with Crippen molar-refractivity contribution in [2.45, 2.75) is 45.6 Å². The molecule has 0 saturated carbocycles. The minimum atomic E-state index is -0.618. The summed E-state index contributed by atoms with van der Waals surface area (Å²) in [5.74, 6) is 0.425. The lowest BCUT2D eigenvalue weighted by Crippen LogP contribution is -2.30. The number of ether oxygens (including phenoxy) is 1. The molecule has 0 radical (unpaired) electrons. The number of hydrogen-bond donors (Lipinski definition) is 2. The van der Waals surface area contributed by atoms with Gasteiger partial charge in [0.25, 0.3) is 5.91 Å². The molecule has 26 heavy (non-hydrogen) atoms. The number of carbonyl (C=O) groups is 2. The third kappa shape index (κ3) is 4.42. The van der Waals surface area contributed by atoms with Gasteiger partial charge in [0.2, 0.25) is 5.91 Å². The van der Waals surface area contributed by atoms with Gasteiger partial charge in [0.15, 0.2) is 6.10 Å². The molecule has 1 unspecified atom stereocenters. The van der Waals surface area contributed by atoms with Crippen molar-refractivity contribution in [1.82, 2.24) is 0 Å². The van der Waals surface area contributed by atoms with Crippen LogP contribution in [0.3, 0.4) is 0 Å². The van der Waals surface area contributed by atoms with Crippen LogP contribution in [0.25, 0.3) is 0 Å². The van der Waals surface area contributed by atoms with Crippen molar-refractivity contribution in [2.75, 3.05) is 10.6 Å². The van der Waals surface area contributed by atoms with Gasteiger partial charge < -0.3 is 15.4 Å². The molecule has 3 rings (SSSR count). The molecule has 2 aromatic rings. The molecule has 0 heterocycles. The summed E-state index contributed by atoms with van der Waals surface area (Å²) < 4.78 is 5.96. The molecule has 0 aliphatic heterocycles. The molecule has 0 bridgehead atoms. The van der Waals surface area contributed by atoms with Crippen molar-refractivity contribution in [1.29, 1.82) is 0 Å². The largest absolute Gasteiger partial charge is 0.481 e. The Morgan fingerprint density at radius 2 is 1.69 bits per heavy atom. The van der Waals surface area contributed by atoms with E-state index >= 15 is 0 Å². The first kappa shape index (κ1) is 18.0. The van der Waals surface area contributed by atoms with Gasteiger partial charge in [-0.1, -0.05) is 18.2 Å². The SMILES string of the molecule is CC(=O)Nc1cccc(NC(=O)C(C)Oc2cccc3c2CCCC3)c1. The maximum absolute atomic E-state index is 12.5. The fraction of sp³-hybridized carbons (Fsp3) is 0.333. The van der Waals surface area contributed by atoms with Crippen molar-refractivity contribution in [2.24, 2.45) is 0 Å². The first-order valence-electron chi connectivity index (χ1n) is 8.99. The molecular formula is C21H24N2O3. The quantitative estimate of drug-likeness (QED) is 0.857. The van der Waals surface area contributed by atoms with E-state index in [1.807, 2.05) is 12.1 Å². The van der Waals surface area contributed by atoms with Crippen molar-refractivity contribution < 1.29 is 14.3 Å². The van der Waals surface area contributed by atoms with E-state index in [-0.39, 0.29) is 11.8 Å². The second kappa shape index (κ2) is 8.04. The number of hydrogen-bond acceptors (Lipinski definition) is 3. The van der Waals surface area contributed by atoms with Crippen LogP contribution in [-0.2, 0) is 22.4 Å². The monoisotopic (exact) mass is 352 g/mol. The van der Waals surface area contributed by atoms with Crippen LogP contribution in [0.2, 0.25) is 0 Å². The van der Waals surface area contributed by atoms with Crippen LogP contribution in [0.15, 0.2) is 42.5 Å². The molecular weight excluding hydrogens is 328 g/mol. The molecule has 136 valence electrons. The number of benzene rings is 2. The number of nitrogens with one attached hydrogen (secondary N) is 2. The second-order valence-corrected chi connectivity index (χ2v) is 6.61. The average molecular weight is 352 g/mol. The number of aryl methyl sites for hydroxylation is 1. The van der Waals surface area contributed by atoms with Gasteiger partial charge >= 0.3 is 0 Å². The molecule has 0 aromatic heterocycles. The molecule has 5 heteroatoms. The third-order valence-corrected chi connectivity index (χ3v) is 4.48. The summed E-state index contributed by atoms with van der Waals surface area (Å²) in [7, 11) is 0. The highest BCUT2D eigenvalue weighted by atomic mass is 16.5. The van der Waals surface area contributed by atoms with Gasteiger partial charge in [0, 0.05) is 18.3 Å². The lowest BCUT2D eigenvalue weighted by Gasteiger charge is -2.22. The minimum absolute atomic E-state index is 0.154. The average Bonchev–Trinajstić information content (AvgIpc) is 2.61. The van der Waals surface area contributed by atoms with Gasteiger partial charge in [-0.2, -0.15) is 0 Å². The van der Waals surface area contributed by atoms with Crippen LogP contribution < -0.4 is 15.4 Å². The van der Waals surface area contributed by atoms with E-state index in [4.69, 9.17) is 4.74 Å². The van der Waals surface area contributed by atoms with Crippen molar-refractivity contribution >= 4 is 23.2 Å². The normalized spacial score (nSPS) is 14.1. The van der Waals surface area contributed by atoms with Crippen molar-refractivity contribution in [3.63, 3.8) is 0 Å². The van der Waals surface area contributed by atoms with Gasteiger partial charge in [0.1, 0.15) is 5.75 Å². The number of rotatable bonds is 5. The molecule has 0 saturated heterocycles. The fourth-order valence-corrected chi connectivity index (χ4v) is 3.22. The summed E-state index contributed by atoms with van der Waals surface area (Å²) >= 11 is 0. The zero-order valence-electron chi connectivity index (χ0n) is 15.2. The highest BCUT2D eigenvalue weighted by molar-refractivity contribution is 5.95. The summed E-state index contributed by atoms with van der Waals surface area (Å²) in [6.45, 7) is 3.19. The van der Waals surface area contributed by atoms with Gasteiger partial charge in [-0.25, -0.2) is 0 Å². The Kier molecular flexibility index (Phi) is 5.56. The smallest absolute Gasteiger partial charge is 0.265 e. The number of fused-ring (bicyclic) bond motifs is 1. The summed E-state index contributed by atoms with van der Waals surface area (Å²) in [4.78, 5) is 23.7. The molecule has 5 nitrogen and oxygen atoms in total. The molecule has 0 fully saturated rings. The van der Waals surface area contributed by atoms with Gasteiger partial charge in [-0.05, 0) is 68.0 Å². The number of carbonyl (C=O) groups excluding carboxylic acids is 2. The fourth-order valence-electron chi connectivity index (χ4n) is 3.22. The Balaban J connectivity index is 1.66. The van der Waals surface area contributed by atoms with Crippen molar-refractivity contribution in [3.8, 4) is 5.75 Å². The predicted octanol–water partition coefficient (Wildman–Crippen LogP) is 3.93. The Hall–Kier alpha value is -2.82. The zero-order chi connectivity index (χ0) is 18.5. The molecule has 1 aliphatic rings. The standard InChI is InChI=1S/C21H24N2O3/c1-14(26-20-12-5-8-16-7-3-4-11-19(16)20)21(25)23-18-10-6-9-17(13-18)22-15(2)24/h5-6,8-10,12-14H,3-4,7,11H2,1-2H3,(H,22,24)(H,23,25). The Bertz CT molecular complexity index is 817. The highest BCUT2D eigenvalue weighted by Gasteiger charge is 2.19. The lowest BCUT2D eigenvalue weighted by atomic mass is 9.91. The van der Waals surface area contributed by atoms with Crippen LogP contribution in [0, 0.1) is 0 Å². The molecule has 1 aliphatic carbocycles. The van der Waals surface area contributed by atoms with Gasteiger partial charge in [-0.3, -0.25) is 9.59 Å². The van der Waals surface area contributed by atoms with Gasteiger partial charge in [0.05, 0.1) is 0 Å². The third-order valence-electron chi connectivity index (χ3n) is 4.48. The lowest BCUT2D eigenvalue weighted by molar-refractivity contribution is -0.122. The van der Waals surface area contributed by atoms with Crippen LogP contribution in [-0.4, -0.2) is 17.9 Å². The summed E-state index contributed by atoms with van der Waals surface area (Å²) in [5, 5.41) is 5.54. The number of anilines is 2. The summed E-state index contributed by atoms with van der Waals surface area (Å²) in [6, 6.07) is 13.1. The molecule has 2 N–H and O–H groups in total. The molecule has 2 amide bonds. The van der Waals surface area contributed by atoms with E-state index in [0.717, 1.165) is 25.0 Å². The van der Waals surface area contributed by atoms with Crippen LogP contribution in [0.5, 0.6) is 5.75 Å². The Morgan fingerprint density at radius 3 is 2.46 bits per heavy atom. The molecule has 0 spiro atoms. The Labute approximate surface area is 153 Å². The van der Waals surface area contributed by atoms with E-state index < -0.39 is 6.10 Å². The van der Waals surface area contributed by atoms with Crippen LogP contribution in [0.4, 0.5) is 11.4 Å². The van der Waals surface area contributed by atoms with E-state index in [9.17, 15) is 9.59 Å². The van der Waals surface area contributed by atoms with E-state index in [0.29, 0.717) is 11.4 Å². The van der Waals surface area contributed by atoms with E-state index in [1.54, 1.807) is 31.2 Å². The van der Waals surface area contributed by atoms with Gasteiger partial charge in [-0.15, -0.1) is 0 Å². The zero-order valence-corrected chi connectivity index (χ0v) is 15.2. The maximum Gasteiger partial charge on any atom is 0.265 e. The van der Waals surface area contributed by atoms with Crippen LogP contribution in [0.1, 0.15) is 37.8 Å². The highest BCUT2D eigenvalue weighted by Crippen LogP contribution is 2.30. The second-order valence-electron chi connectivity index (χ2n) is 6.61. The predicted molar refractivity (Wildman–Crippen MR) is 103 cm³/mol. The molecule has 2 aromatic carbocycles. The van der Waals surface area contributed by atoms with E-state index in [1.165, 1.54) is 24.5 Å². The number of amides is 2. The van der Waals surface area contributed by atoms with Crippen LogP contribution >= 0.6 is 0 Å². The van der Waals surface area contributed by atoms with E-state index in [2.05, 4.69) is 16.7 Å². The van der Waals surface area contributed by atoms with Crippen molar-refractivity contribution in [3.05, 3.63) is 53.6 Å². The Morgan fingerprint density at radius 1 is 1.00 bits per heavy atom. The maximum atomic E-state index is 12.5. The summed E-state index contributed by atoms with van der Waals surface area (Å²) in [5.41, 5.74) is 3.81. The topological polar surface area (TPSA) is 67.4 Å². The first-order chi connectivity index (χ1) is 12.5. The minimum Gasteiger partial charge on any atom is -0.481 e. The first-order valence-corrected chi connectivity index (χ1v) is 8.99. The summed E-state index contributed by atoms with van der Waals surface area (Å²) in [6.07, 6.45) is 3.82. The molecule has 1 atom stereocenters.